The van der Waals surface area contributed by atoms with E-state index in [9.17, 15) is 8.42 Å². The normalized spacial score (nSPS) is 11.2. The second kappa shape index (κ2) is 8.96. The van der Waals surface area contributed by atoms with Crippen molar-refractivity contribution < 1.29 is 8.42 Å². The predicted molar refractivity (Wildman–Crippen MR) is 122 cm³/mol. The fourth-order valence-electron chi connectivity index (χ4n) is 3.09. The number of rotatable bonds is 8. The third-order valence-electron chi connectivity index (χ3n) is 4.64. The lowest BCUT2D eigenvalue weighted by atomic mass is 10.0. The van der Waals surface area contributed by atoms with Gasteiger partial charge in [-0.3, -0.25) is 0 Å². The number of nitrogens with two attached hydrogens (primary N) is 2. The summed E-state index contributed by atoms with van der Waals surface area (Å²) >= 11 is 0. The van der Waals surface area contributed by atoms with Crippen molar-refractivity contribution in [1.29, 1.82) is 0 Å². The molecule has 0 unspecified atom stereocenters. The Hall–Kier alpha value is -3.39. The average Bonchev–Trinajstić information content (AvgIpc) is 2.70. The molecule has 1 heterocycles. The molecule has 0 aliphatic carbocycles. The Balaban J connectivity index is 1.75. The minimum absolute atomic E-state index is 0.162. The molecular formula is C22H25N5O2S. The van der Waals surface area contributed by atoms with E-state index in [4.69, 9.17) is 11.5 Å². The summed E-state index contributed by atoms with van der Waals surface area (Å²) in [6.07, 6.45) is 4.47. The topological polar surface area (TPSA) is 124 Å². The van der Waals surface area contributed by atoms with Crippen molar-refractivity contribution in [3.05, 3.63) is 72.4 Å². The van der Waals surface area contributed by atoms with Crippen LogP contribution in [0.15, 0.2) is 66.1 Å². The Morgan fingerprint density at radius 1 is 1.03 bits per heavy atom. The van der Waals surface area contributed by atoms with E-state index >= 15 is 0 Å². The van der Waals surface area contributed by atoms with Crippen LogP contribution >= 0.6 is 0 Å². The van der Waals surface area contributed by atoms with Crippen molar-refractivity contribution in [2.45, 2.75) is 24.3 Å². The summed E-state index contributed by atoms with van der Waals surface area (Å²) in [6, 6.07) is 14.6. The fraction of sp³-hybridized carbons (Fsp3) is 0.182. The summed E-state index contributed by atoms with van der Waals surface area (Å²) < 4.78 is 23.1. The van der Waals surface area contributed by atoms with Crippen LogP contribution in [0.25, 0.3) is 11.1 Å². The van der Waals surface area contributed by atoms with Gasteiger partial charge >= 0.3 is 0 Å². The van der Waals surface area contributed by atoms with E-state index in [1.54, 1.807) is 24.3 Å². The average molecular weight is 424 g/mol. The van der Waals surface area contributed by atoms with Crippen molar-refractivity contribution >= 4 is 27.3 Å². The molecule has 8 heteroatoms. The number of nitrogens with one attached hydrogen (secondary N) is 1. The Morgan fingerprint density at radius 2 is 1.70 bits per heavy atom. The molecule has 0 spiro atoms. The van der Waals surface area contributed by atoms with E-state index in [0.717, 1.165) is 34.5 Å². The van der Waals surface area contributed by atoms with E-state index in [1.807, 2.05) is 30.3 Å². The minimum Gasteiger partial charge on any atom is -0.383 e. The molecule has 3 rings (SSSR count). The zero-order chi connectivity index (χ0) is 21.7. The first kappa shape index (κ1) is 21.3. The Kier molecular flexibility index (Phi) is 6.37. The van der Waals surface area contributed by atoms with Crippen LogP contribution in [0.2, 0.25) is 0 Å². The molecule has 0 atom stereocenters. The van der Waals surface area contributed by atoms with Gasteiger partial charge in [-0.15, -0.1) is 6.58 Å². The summed E-state index contributed by atoms with van der Waals surface area (Å²) in [5, 5.41) is 3.33. The molecule has 30 heavy (non-hydrogen) atoms. The van der Waals surface area contributed by atoms with Crippen molar-refractivity contribution in [3.8, 4) is 11.1 Å². The SMILES string of the molecule is C=CCCc1nc(N)nc(N)c1-c1ccc(NCc2ccc(S(C)(=O)=O)cc2)cc1. The van der Waals surface area contributed by atoms with Gasteiger partial charge in [0.2, 0.25) is 5.95 Å². The van der Waals surface area contributed by atoms with Crippen LogP contribution in [0, 0.1) is 0 Å². The Bertz CT molecular complexity index is 1140. The maximum Gasteiger partial charge on any atom is 0.222 e. The third-order valence-corrected chi connectivity index (χ3v) is 5.76. The summed E-state index contributed by atoms with van der Waals surface area (Å²) in [6.45, 7) is 4.32. The van der Waals surface area contributed by atoms with E-state index in [-0.39, 0.29) is 5.95 Å². The number of nitrogen functional groups attached to an aromatic ring is 2. The van der Waals surface area contributed by atoms with Gasteiger partial charge < -0.3 is 16.8 Å². The largest absolute Gasteiger partial charge is 0.383 e. The second-order valence-electron chi connectivity index (χ2n) is 6.96. The maximum atomic E-state index is 11.6. The molecule has 3 aromatic rings. The van der Waals surface area contributed by atoms with E-state index < -0.39 is 9.84 Å². The fourth-order valence-corrected chi connectivity index (χ4v) is 3.72. The van der Waals surface area contributed by atoms with Gasteiger partial charge in [-0.1, -0.05) is 30.3 Å². The van der Waals surface area contributed by atoms with E-state index in [1.165, 1.54) is 6.26 Å². The van der Waals surface area contributed by atoms with Crippen LogP contribution in [0.4, 0.5) is 17.5 Å². The quantitative estimate of drug-likeness (QED) is 0.474. The molecule has 0 aliphatic rings. The van der Waals surface area contributed by atoms with Crippen molar-refractivity contribution in [1.82, 2.24) is 9.97 Å². The van der Waals surface area contributed by atoms with Crippen molar-refractivity contribution in [3.63, 3.8) is 0 Å². The summed E-state index contributed by atoms with van der Waals surface area (Å²) in [4.78, 5) is 8.76. The molecule has 1 aromatic heterocycles. The lowest BCUT2D eigenvalue weighted by Crippen LogP contribution is -2.07. The van der Waals surface area contributed by atoms with Gasteiger partial charge in [0.05, 0.1) is 10.6 Å². The number of benzene rings is 2. The number of anilines is 3. The highest BCUT2D eigenvalue weighted by atomic mass is 32.2. The molecule has 0 saturated heterocycles. The molecular weight excluding hydrogens is 398 g/mol. The Labute approximate surface area is 176 Å². The second-order valence-corrected chi connectivity index (χ2v) is 8.98. The molecule has 0 bridgehead atoms. The van der Waals surface area contributed by atoms with Gasteiger partial charge in [0.1, 0.15) is 5.82 Å². The molecule has 5 N–H and O–H groups in total. The zero-order valence-corrected chi connectivity index (χ0v) is 17.6. The standard InChI is InChI=1S/C22H25N5O2S/c1-3-4-5-19-20(21(23)27-22(24)26-19)16-8-10-17(11-9-16)25-14-15-6-12-18(13-7-15)30(2,28)29/h3,6-13,25H,1,4-5,14H2,2H3,(H4,23,24,26,27). The van der Waals surface area contributed by atoms with Gasteiger partial charge in [0.15, 0.2) is 9.84 Å². The molecule has 7 nitrogen and oxygen atoms in total. The number of aromatic nitrogens is 2. The predicted octanol–water partition coefficient (Wildman–Crippen LogP) is 3.44. The van der Waals surface area contributed by atoms with Crippen LogP contribution in [-0.2, 0) is 22.8 Å². The molecule has 0 aliphatic heterocycles. The van der Waals surface area contributed by atoms with Crippen LogP contribution < -0.4 is 16.8 Å². The van der Waals surface area contributed by atoms with Crippen LogP contribution in [0.3, 0.4) is 0 Å². The number of sulfone groups is 1. The molecule has 2 aromatic carbocycles. The first-order valence-electron chi connectivity index (χ1n) is 9.44. The maximum absolute atomic E-state index is 11.6. The zero-order valence-electron chi connectivity index (χ0n) is 16.8. The highest BCUT2D eigenvalue weighted by molar-refractivity contribution is 7.90. The first-order chi connectivity index (χ1) is 14.3. The van der Waals surface area contributed by atoms with Crippen molar-refractivity contribution in [2.24, 2.45) is 0 Å². The monoisotopic (exact) mass is 423 g/mol. The van der Waals surface area contributed by atoms with E-state index in [0.29, 0.717) is 23.7 Å². The third kappa shape index (κ3) is 5.15. The van der Waals surface area contributed by atoms with Gasteiger partial charge in [0.25, 0.3) is 0 Å². The van der Waals surface area contributed by atoms with Gasteiger partial charge in [-0.05, 0) is 48.2 Å². The molecule has 0 radical (unpaired) electrons. The molecule has 156 valence electrons. The summed E-state index contributed by atoms with van der Waals surface area (Å²) in [7, 11) is -3.19. The lowest BCUT2D eigenvalue weighted by molar-refractivity contribution is 0.602. The molecule has 0 saturated carbocycles. The van der Waals surface area contributed by atoms with Crippen LogP contribution in [0.1, 0.15) is 17.7 Å². The number of aryl methyl sites for hydroxylation is 1. The van der Waals surface area contributed by atoms with Crippen LogP contribution in [-0.4, -0.2) is 24.6 Å². The molecule has 0 amide bonds. The van der Waals surface area contributed by atoms with Gasteiger partial charge in [0, 0.05) is 24.1 Å². The van der Waals surface area contributed by atoms with Crippen molar-refractivity contribution in [2.75, 3.05) is 23.0 Å². The lowest BCUT2D eigenvalue weighted by Gasteiger charge is -2.13. The highest BCUT2D eigenvalue weighted by Crippen LogP contribution is 2.30. The van der Waals surface area contributed by atoms with E-state index in [2.05, 4.69) is 21.9 Å². The number of hydrogen-bond acceptors (Lipinski definition) is 7. The van der Waals surface area contributed by atoms with Gasteiger partial charge in [-0.25, -0.2) is 13.4 Å². The first-order valence-corrected chi connectivity index (χ1v) is 11.3. The number of allylic oxidation sites excluding steroid dienone is 1. The smallest absolute Gasteiger partial charge is 0.222 e. The number of nitrogens with zero attached hydrogens (tertiary/aromatic N) is 2. The highest BCUT2D eigenvalue weighted by Gasteiger charge is 2.13. The summed E-state index contributed by atoms with van der Waals surface area (Å²) in [5.41, 5.74) is 16.3. The van der Waals surface area contributed by atoms with Gasteiger partial charge in [-0.2, -0.15) is 4.98 Å². The van der Waals surface area contributed by atoms with Crippen LogP contribution in [0.5, 0.6) is 0 Å². The summed E-state index contributed by atoms with van der Waals surface area (Å²) in [5.74, 6) is 0.517. The Morgan fingerprint density at radius 3 is 2.30 bits per heavy atom. The molecule has 0 fully saturated rings. The minimum atomic E-state index is -3.19. The number of hydrogen-bond donors (Lipinski definition) is 3.